The van der Waals surface area contributed by atoms with E-state index in [1.54, 1.807) is 12.1 Å². The van der Waals surface area contributed by atoms with E-state index in [1.165, 1.54) is 6.42 Å². The number of hydrogen-bond acceptors (Lipinski definition) is 6. The predicted molar refractivity (Wildman–Crippen MR) is 123 cm³/mol. The summed E-state index contributed by atoms with van der Waals surface area (Å²) in [7, 11) is 0. The molecule has 1 fully saturated rings. The van der Waals surface area contributed by atoms with Crippen molar-refractivity contribution < 1.29 is 23.6 Å². The Morgan fingerprint density at radius 3 is 2.76 bits per heavy atom. The van der Waals surface area contributed by atoms with Crippen molar-refractivity contribution in [3.8, 4) is 11.3 Å². The molecule has 1 aromatic heterocycles. The number of benzene rings is 2. The molecule has 1 aliphatic rings. The predicted octanol–water partition coefficient (Wildman–Crippen LogP) is 3.80. The van der Waals surface area contributed by atoms with Crippen LogP contribution in [0.1, 0.15) is 35.3 Å². The van der Waals surface area contributed by atoms with Crippen LogP contribution in [0.3, 0.4) is 0 Å². The number of carbonyl (C=O) groups is 2. The maximum Gasteiger partial charge on any atom is 0.273 e. The first-order valence-electron chi connectivity index (χ1n) is 11.1. The fourth-order valence-electron chi connectivity index (χ4n) is 3.56. The van der Waals surface area contributed by atoms with Crippen LogP contribution < -0.4 is 10.6 Å². The van der Waals surface area contributed by atoms with Crippen LogP contribution in [-0.2, 0) is 20.9 Å². The summed E-state index contributed by atoms with van der Waals surface area (Å²) in [6.07, 6.45) is 3.49. The van der Waals surface area contributed by atoms with E-state index in [1.807, 2.05) is 48.5 Å². The first-order valence-corrected chi connectivity index (χ1v) is 11.1. The second-order valence-electron chi connectivity index (χ2n) is 7.88. The topological polar surface area (TPSA) is 103 Å². The molecule has 1 saturated heterocycles. The molecule has 1 aliphatic heterocycles. The zero-order valence-corrected chi connectivity index (χ0v) is 18.3. The molecule has 2 N–H and O–H groups in total. The van der Waals surface area contributed by atoms with Crippen LogP contribution in [0.5, 0.6) is 0 Å². The van der Waals surface area contributed by atoms with Gasteiger partial charge < -0.3 is 24.6 Å². The van der Waals surface area contributed by atoms with Gasteiger partial charge in [0, 0.05) is 23.9 Å². The highest BCUT2D eigenvalue weighted by atomic mass is 16.5. The van der Waals surface area contributed by atoms with Crippen LogP contribution in [-0.4, -0.2) is 42.8 Å². The van der Waals surface area contributed by atoms with Gasteiger partial charge in [0.1, 0.15) is 0 Å². The number of anilines is 1. The maximum absolute atomic E-state index is 12.3. The second kappa shape index (κ2) is 11.4. The molecule has 3 aromatic rings. The van der Waals surface area contributed by atoms with Gasteiger partial charge in [-0.15, -0.1) is 0 Å². The molecule has 0 spiro atoms. The fraction of sp³-hybridized carbons (Fsp3) is 0.320. The van der Waals surface area contributed by atoms with E-state index >= 15 is 0 Å². The molecule has 2 amide bonds. The van der Waals surface area contributed by atoms with E-state index < -0.39 is 5.91 Å². The molecule has 0 bridgehead atoms. The Morgan fingerprint density at radius 1 is 1.06 bits per heavy atom. The van der Waals surface area contributed by atoms with Gasteiger partial charge in [-0.3, -0.25) is 9.59 Å². The number of amides is 2. The molecule has 2 aromatic carbocycles. The van der Waals surface area contributed by atoms with Gasteiger partial charge in [0.2, 0.25) is 5.91 Å². The number of ether oxygens (including phenoxy) is 2. The fourth-order valence-corrected chi connectivity index (χ4v) is 3.56. The third kappa shape index (κ3) is 6.74. The van der Waals surface area contributed by atoms with Crippen molar-refractivity contribution in [3.63, 3.8) is 0 Å². The lowest BCUT2D eigenvalue weighted by Gasteiger charge is -2.22. The van der Waals surface area contributed by atoms with E-state index in [0.717, 1.165) is 30.6 Å². The average Bonchev–Trinajstić information content (AvgIpc) is 3.35. The van der Waals surface area contributed by atoms with Crippen LogP contribution in [0, 0.1) is 0 Å². The largest absolute Gasteiger partial charge is 0.376 e. The van der Waals surface area contributed by atoms with Crippen molar-refractivity contribution in [2.24, 2.45) is 0 Å². The van der Waals surface area contributed by atoms with Crippen molar-refractivity contribution in [1.29, 1.82) is 0 Å². The minimum Gasteiger partial charge on any atom is -0.376 e. The summed E-state index contributed by atoms with van der Waals surface area (Å²) in [5.74, 6) is -0.341. The highest BCUT2D eigenvalue weighted by Gasteiger charge is 2.15. The molecule has 0 radical (unpaired) electrons. The Balaban J connectivity index is 1.22. The van der Waals surface area contributed by atoms with Crippen molar-refractivity contribution >= 4 is 17.5 Å². The molecule has 2 heterocycles. The Hall–Kier alpha value is -3.49. The van der Waals surface area contributed by atoms with Gasteiger partial charge >= 0.3 is 0 Å². The van der Waals surface area contributed by atoms with E-state index in [4.69, 9.17) is 14.0 Å². The summed E-state index contributed by atoms with van der Waals surface area (Å²) in [6.45, 7) is 1.62. The third-order valence-electron chi connectivity index (χ3n) is 5.27. The van der Waals surface area contributed by atoms with Gasteiger partial charge in [0.15, 0.2) is 11.5 Å². The normalized spacial score (nSPS) is 15.7. The molecular formula is C25H27N3O5. The Kier molecular flexibility index (Phi) is 7.84. The lowest BCUT2D eigenvalue weighted by Crippen LogP contribution is -2.33. The summed E-state index contributed by atoms with van der Waals surface area (Å²) in [6, 6.07) is 18.3. The van der Waals surface area contributed by atoms with E-state index in [9.17, 15) is 9.59 Å². The molecule has 4 rings (SSSR count). The first-order chi connectivity index (χ1) is 16.2. The lowest BCUT2D eigenvalue weighted by molar-refractivity contribution is -0.115. The SMILES string of the molecule is O=C(CNC(=O)c1cc(-c2ccccc2)on1)Nc1cccc(COCC2CCCCO2)c1. The minimum absolute atomic E-state index is 0.114. The number of nitrogens with one attached hydrogen (secondary N) is 2. The number of aromatic nitrogens is 1. The van der Waals surface area contributed by atoms with Gasteiger partial charge in [0.05, 0.1) is 25.9 Å². The zero-order chi connectivity index (χ0) is 22.9. The van der Waals surface area contributed by atoms with E-state index in [-0.39, 0.29) is 24.2 Å². The Bertz CT molecular complexity index is 1060. The van der Waals surface area contributed by atoms with E-state index in [0.29, 0.717) is 24.7 Å². The summed E-state index contributed by atoms with van der Waals surface area (Å²) in [4.78, 5) is 24.6. The van der Waals surface area contributed by atoms with Crippen LogP contribution in [0.15, 0.2) is 65.2 Å². The molecule has 172 valence electrons. The first kappa shape index (κ1) is 22.7. The summed E-state index contributed by atoms with van der Waals surface area (Å²) in [5.41, 5.74) is 2.51. The molecule has 33 heavy (non-hydrogen) atoms. The molecular weight excluding hydrogens is 422 g/mol. The van der Waals surface area contributed by atoms with Crippen LogP contribution in [0.4, 0.5) is 5.69 Å². The summed E-state index contributed by atoms with van der Waals surface area (Å²) >= 11 is 0. The summed E-state index contributed by atoms with van der Waals surface area (Å²) in [5, 5.41) is 9.13. The Morgan fingerprint density at radius 2 is 1.94 bits per heavy atom. The standard InChI is InChI=1S/C25H27N3O5/c29-24(15-26-25(30)22-14-23(33-28-22)19-8-2-1-3-9-19)27-20-10-6-7-18(13-20)16-31-17-21-11-4-5-12-32-21/h1-3,6-10,13-14,21H,4-5,11-12,15-17H2,(H,26,30)(H,27,29). The maximum atomic E-state index is 12.3. The quantitative estimate of drug-likeness (QED) is 0.515. The molecule has 8 nitrogen and oxygen atoms in total. The molecule has 1 unspecified atom stereocenters. The van der Waals surface area contributed by atoms with Gasteiger partial charge in [-0.1, -0.05) is 47.6 Å². The van der Waals surface area contributed by atoms with Crippen molar-refractivity contribution in [2.75, 3.05) is 25.1 Å². The van der Waals surface area contributed by atoms with Crippen molar-refractivity contribution in [1.82, 2.24) is 10.5 Å². The van der Waals surface area contributed by atoms with E-state index in [2.05, 4.69) is 15.8 Å². The highest BCUT2D eigenvalue weighted by Crippen LogP contribution is 2.19. The van der Waals surface area contributed by atoms with Crippen molar-refractivity contribution in [3.05, 3.63) is 71.9 Å². The van der Waals surface area contributed by atoms with Crippen LogP contribution in [0.2, 0.25) is 0 Å². The van der Waals surface area contributed by atoms with Gasteiger partial charge in [-0.2, -0.15) is 0 Å². The van der Waals surface area contributed by atoms with Gasteiger partial charge in [0.25, 0.3) is 5.91 Å². The number of rotatable bonds is 9. The summed E-state index contributed by atoms with van der Waals surface area (Å²) < 4.78 is 16.7. The van der Waals surface area contributed by atoms with Crippen LogP contribution in [0.25, 0.3) is 11.3 Å². The van der Waals surface area contributed by atoms with Gasteiger partial charge in [-0.25, -0.2) is 0 Å². The number of hydrogen-bond donors (Lipinski definition) is 2. The zero-order valence-electron chi connectivity index (χ0n) is 18.3. The number of nitrogens with zero attached hydrogens (tertiary/aromatic N) is 1. The highest BCUT2D eigenvalue weighted by molar-refractivity contribution is 5.98. The monoisotopic (exact) mass is 449 g/mol. The Labute approximate surface area is 192 Å². The molecule has 0 saturated carbocycles. The third-order valence-corrected chi connectivity index (χ3v) is 5.27. The molecule has 1 atom stereocenters. The second-order valence-corrected chi connectivity index (χ2v) is 7.88. The average molecular weight is 450 g/mol. The lowest BCUT2D eigenvalue weighted by atomic mass is 10.1. The molecule has 0 aliphatic carbocycles. The van der Waals surface area contributed by atoms with Gasteiger partial charge in [-0.05, 0) is 37.0 Å². The van der Waals surface area contributed by atoms with Crippen molar-refractivity contribution in [2.45, 2.75) is 32.0 Å². The smallest absolute Gasteiger partial charge is 0.273 e. The van der Waals surface area contributed by atoms with Crippen LogP contribution >= 0.6 is 0 Å². The number of carbonyl (C=O) groups excluding carboxylic acids is 2. The molecule has 8 heteroatoms. The minimum atomic E-state index is -0.483.